The Bertz CT molecular complexity index is 1040. The standard InChI is InChI=1S/C20H24FN3O5S2/c1-3-24(14(2)25)20-22-17(13-30-20)12-29-19(26)15-5-4-10-23(11-15)31(27,28)18-8-6-16(21)7-9-18/h6-9,13,15H,3-5,10-12H2,1-2H3. The molecule has 1 aliphatic heterocycles. The lowest BCUT2D eigenvalue weighted by Crippen LogP contribution is -2.42. The fourth-order valence-corrected chi connectivity index (χ4v) is 5.79. The van der Waals surface area contributed by atoms with Crippen molar-refractivity contribution in [1.82, 2.24) is 9.29 Å². The number of aromatic nitrogens is 1. The molecule has 1 aromatic carbocycles. The van der Waals surface area contributed by atoms with Crippen molar-refractivity contribution in [2.45, 2.75) is 38.2 Å². The molecule has 1 saturated heterocycles. The van der Waals surface area contributed by atoms with Crippen LogP contribution in [0.1, 0.15) is 32.4 Å². The number of hydrogen-bond acceptors (Lipinski definition) is 7. The Morgan fingerprint density at radius 3 is 2.68 bits per heavy atom. The highest BCUT2D eigenvalue weighted by molar-refractivity contribution is 7.89. The van der Waals surface area contributed by atoms with E-state index in [1.165, 1.54) is 39.6 Å². The van der Waals surface area contributed by atoms with E-state index >= 15 is 0 Å². The van der Waals surface area contributed by atoms with Crippen LogP contribution in [0.2, 0.25) is 0 Å². The Morgan fingerprint density at radius 1 is 1.32 bits per heavy atom. The molecule has 3 rings (SSSR count). The smallest absolute Gasteiger partial charge is 0.310 e. The fourth-order valence-electron chi connectivity index (χ4n) is 3.35. The number of nitrogens with zero attached hydrogens (tertiary/aromatic N) is 3. The molecule has 0 aliphatic carbocycles. The van der Waals surface area contributed by atoms with Crippen LogP contribution >= 0.6 is 11.3 Å². The van der Waals surface area contributed by atoms with Crippen molar-refractivity contribution in [1.29, 1.82) is 0 Å². The molecular weight excluding hydrogens is 445 g/mol. The number of thiazole rings is 1. The average Bonchev–Trinajstić information content (AvgIpc) is 3.21. The van der Waals surface area contributed by atoms with Crippen molar-refractivity contribution in [3.8, 4) is 0 Å². The minimum atomic E-state index is -3.82. The third-order valence-corrected chi connectivity index (χ3v) is 7.79. The number of esters is 1. The van der Waals surface area contributed by atoms with Gasteiger partial charge in [-0.25, -0.2) is 17.8 Å². The van der Waals surface area contributed by atoms with E-state index in [2.05, 4.69) is 4.98 Å². The van der Waals surface area contributed by atoms with E-state index in [1.54, 1.807) is 5.38 Å². The van der Waals surface area contributed by atoms with Gasteiger partial charge in [-0.05, 0) is 44.0 Å². The monoisotopic (exact) mass is 469 g/mol. The number of ether oxygens (including phenoxy) is 1. The van der Waals surface area contributed by atoms with E-state index in [0.717, 1.165) is 12.1 Å². The summed E-state index contributed by atoms with van der Waals surface area (Å²) in [6.07, 6.45) is 1.04. The van der Waals surface area contributed by atoms with Gasteiger partial charge in [0.15, 0.2) is 5.13 Å². The molecule has 1 unspecified atom stereocenters. The molecule has 0 spiro atoms. The number of hydrogen-bond donors (Lipinski definition) is 0. The first-order valence-corrected chi connectivity index (χ1v) is 12.2. The van der Waals surface area contributed by atoms with Crippen molar-refractivity contribution >= 4 is 38.4 Å². The van der Waals surface area contributed by atoms with Crippen LogP contribution in [0, 0.1) is 11.7 Å². The predicted octanol–water partition coefficient (Wildman–Crippen LogP) is 2.80. The van der Waals surface area contributed by atoms with E-state index in [0.29, 0.717) is 30.2 Å². The second-order valence-electron chi connectivity index (χ2n) is 7.15. The largest absolute Gasteiger partial charge is 0.459 e. The Morgan fingerprint density at radius 2 is 2.03 bits per heavy atom. The summed E-state index contributed by atoms with van der Waals surface area (Å²) >= 11 is 1.29. The first-order chi connectivity index (χ1) is 14.7. The van der Waals surface area contributed by atoms with Gasteiger partial charge in [0.2, 0.25) is 15.9 Å². The normalized spacial score (nSPS) is 17.3. The number of sulfonamides is 1. The highest BCUT2D eigenvalue weighted by Gasteiger charge is 2.34. The lowest BCUT2D eigenvalue weighted by molar-refractivity contribution is -0.151. The topological polar surface area (TPSA) is 96.9 Å². The Hall–Kier alpha value is -2.37. The van der Waals surface area contributed by atoms with Gasteiger partial charge in [-0.15, -0.1) is 11.3 Å². The van der Waals surface area contributed by atoms with Gasteiger partial charge in [-0.2, -0.15) is 4.31 Å². The second-order valence-corrected chi connectivity index (χ2v) is 9.92. The molecule has 8 nitrogen and oxygen atoms in total. The van der Waals surface area contributed by atoms with Gasteiger partial charge in [0.05, 0.1) is 16.5 Å². The molecule has 0 radical (unpaired) electrons. The van der Waals surface area contributed by atoms with Crippen LogP contribution in [0.4, 0.5) is 9.52 Å². The average molecular weight is 470 g/mol. The first kappa shape index (κ1) is 23.3. The van der Waals surface area contributed by atoms with Crippen LogP contribution in [0.5, 0.6) is 0 Å². The minimum Gasteiger partial charge on any atom is -0.459 e. The summed E-state index contributed by atoms with van der Waals surface area (Å²) in [4.78, 5) is 30.0. The minimum absolute atomic E-state index is 0.00874. The number of anilines is 1. The summed E-state index contributed by atoms with van der Waals surface area (Å²) in [5, 5.41) is 2.26. The molecular formula is C20H24FN3O5S2. The zero-order valence-electron chi connectivity index (χ0n) is 17.3. The highest BCUT2D eigenvalue weighted by Crippen LogP contribution is 2.26. The molecule has 31 heavy (non-hydrogen) atoms. The predicted molar refractivity (Wildman–Crippen MR) is 113 cm³/mol. The molecule has 0 bridgehead atoms. The van der Waals surface area contributed by atoms with Crippen molar-refractivity contribution in [2.75, 3.05) is 24.5 Å². The van der Waals surface area contributed by atoms with E-state index in [1.807, 2.05) is 6.92 Å². The molecule has 0 N–H and O–H groups in total. The maximum absolute atomic E-state index is 13.1. The van der Waals surface area contributed by atoms with E-state index in [-0.39, 0.29) is 30.5 Å². The molecule has 1 fully saturated rings. The maximum atomic E-state index is 13.1. The van der Waals surface area contributed by atoms with Crippen LogP contribution in [0.15, 0.2) is 34.5 Å². The number of benzene rings is 1. The van der Waals surface area contributed by atoms with Crippen LogP contribution < -0.4 is 4.90 Å². The van der Waals surface area contributed by atoms with Gasteiger partial charge in [0, 0.05) is 31.9 Å². The zero-order chi connectivity index (χ0) is 22.6. The molecule has 168 valence electrons. The summed E-state index contributed by atoms with van der Waals surface area (Å²) in [7, 11) is -3.82. The SMILES string of the molecule is CCN(C(C)=O)c1nc(COC(=O)C2CCCN(S(=O)(=O)c3ccc(F)cc3)C2)cs1. The van der Waals surface area contributed by atoms with Crippen molar-refractivity contribution in [3.63, 3.8) is 0 Å². The van der Waals surface area contributed by atoms with E-state index in [4.69, 9.17) is 4.74 Å². The lowest BCUT2D eigenvalue weighted by Gasteiger charge is -2.30. The number of piperidine rings is 1. The molecule has 2 heterocycles. The third kappa shape index (κ3) is 5.46. The van der Waals surface area contributed by atoms with Gasteiger partial charge in [-0.3, -0.25) is 14.5 Å². The molecule has 1 amide bonds. The molecule has 2 aromatic rings. The van der Waals surface area contributed by atoms with Crippen molar-refractivity contribution < 1.29 is 27.1 Å². The number of amides is 1. The quantitative estimate of drug-likeness (QED) is 0.579. The summed E-state index contributed by atoms with van der Waals surface area (Å²) in [5.74, 6) is -1.72. The van der Waals surface area contributed by atoms with E-state index < -0.39 is 27.7 Å². The zero-order valence-corrected chi connectivity index (χ0v) is 18.9. The van der Waals surface area contributed by atoms with Crippen molar-refractivity contribution in [2.24, 2.45) is 5.92 Å². The number of carbonyl (C=O) groups is 2. The second kappa shape index (κ2) is 9.84. The number of rotatable bonds is 7. The summed E-state index contributed by atoms with van der Waals surface area (Å²) in [6.45, 7) is 4.04. The summed E-state index contributed by atoms with van der Waals surface area (Å²) in [5.41, 5.74) is 0.527. The van der Waals surface area contributed by atoms with Gasteiger partial charge in [0.25, 0.3) is 0 Å². The van der Waals surface area contributed by atoms with Gasteiger partial charge in [0.1, 0.15) is 12.4 Å². The van der Waals surface area contributed by atoms with E-state index in [9.17, 15) is 22.4 Å². The maximum Gasteiger partial charge on any atom is 0.310 e. The molecule has 11 heteroatoms. The Balaban J connectivity index is 1.60. The third-order valence-electron chi connectivity index (χ3n) is 5.00. The Kier molecular flexibility index (Phi) is 7.39. The highest BCUT2D eigenvalue weighted by atomic mass is 32.2. The summed E-state index contributed by atoms with van der Waals surface area (Å²) < 4.78 is 45.3. The lowest BCUT2D eigenvalue weighted by atomic mass is 10.00. The van der Waals surface area contributed by atoms with Gasteiger partial charge in [-0.1, -0.05) is 0 Å². The van der Waals surface area contributed by atoms with Crippen LogP contribution in [-0.2, 0) is 31.0 Å². The van der Waals surface area contributed by atoms with Crippen LogP contribution in [-0.4, -0.2) is 49.2 Å². The Labute approximate surface area is 184 Å². The molecule has 1 atom stereocenters. The van der Waals surface area contributed by atoms with Crippen molar-refractivity contribution in [3.05, 3.63) is 41.2 Å². The van der Waals surface area contributed by atoms with Crippen LogP contribution in [0.25, 0.3) is 0 Å². The molecule has 0 saturated carbocycles. The molecule has 1 aliphatic rings. The fraction of sp³-hybridized carbons (Fsp3) is 0.450. The van der Waals surface area contributed by atoms with Crippen LogP contribution in [0.3, 0.4) is 0 Å². The van der Waals surface area contributed by atoms with Gasteiger partial charge >= 0.3 is 5.97 Å². The van der Waals surface area contributed by atoms with Gasteiger partial charge < -0.3 is 4.74 Å². The number of halogens is 1. The molecule has 1 aromatic heterocycles. The first-order valence-electron chi connectivity index (χ1n) is 9.87. The summed E-state index contributed by atoms with van der Waals surface area (Å²) in [6, 6.07) is 4.62. The number of carbonyl (C=O) groups excluding carboxylic acids is 2.